The van der Waals surface area contributed by atoms with Gasteiger partial charge in [-0.05, 0) is 6.07 Å². The number of nitrogens with zero attached hydrogens (tertiary/aromatic N) is 2. The summed E-state index contributed by atoms with van der Waals surface area (Å²) in [5, 5.41) is 8.36. The van der Waals surface area contributed by atoms with Crippen LogP contribution in [0.2, 0.25) is 0 Å². The van der Waals surface area contributed by atoms with Gasteiger partial charge in [-0.3, -0.25) is 4.79 Å². The van der Waals surface area contributed by atoms with Crippen molar-refractivity contribution in [2.45, 2.75) is 0 Å². The molecule has 56 valence electrons. The van der Waals surface area contributed by atoms with E-state index in [1.807, 2.05) is 0 Å². The van der Waals surface area contributed by atoms with Gasteiger partial charge in [-0.1, -0.05) is 0 Å². The molecule has 1 rings (SSSR count). The Labute approximate surface area is 61.7 Å². The zero-order valence-electron chi connectivity index (χ0n) is 5.39. The van der Waals surface area contributed by atoms with Gasteiger partial charge >= 0.3 is 5.97 Å². The number of hydrogen-bond acceptors (Lipinski definition) is 4. The first-order valence-electron chi connectivity index (χ1n) is 2.75. The molecular weight excluding hydrogens is 148 g/mol. The number of hydrogen-bond donors (Lipinski definition) is 1. The molecule has 1 N–H and O–H groups in total. The summed E-state index contributed by atoms with van der Waals surface area (Å²) in [7, 11) is 0. The van der Waals surface area contributed by atoms with Crippen LogP contribution < -0.4 is 0 Å². The van der Waals surface area contributed by atoms with Crippen LogP contribution in [0.15, 0.2) is 12.3 Å². The van der Waals surface area contributed by atoms with E-state index < -0.39 is 5.97 Å². The molecule has 0 aliphatic heterocycles. The third-order valence-electron chi connectivity index (χ3n) is 0.989. The van der Waals surface area contributed by atoms with E-state index >= 15 is 0 Å². The molecule has 0 saturated carbocycles. The van der Waals surface area contributed by atoms with Gasteiger partial charge in [0, 0.05) is 6.20 Å². The summed E-state index contributed by atoms with van der Waals surface area (Å²) in [5.74, 6) is -1.61. The number of carbonyl (C=O) groups is 2. The lowest BCUT2D eigenvalue weighted by atomic mass is 10.4. The second kappa shape index (κ2) is 2.87. The quantitative estimate of drug-likeness (QED) is 0.602. The van der Waals surface area contributed by atoms with E-state index in [4.69, 9.17) is 5.11 Å². The molecule has 0 bridgehead atoms. The molecule has 0 aromatic carbocycles. The molecule has 1 aromatic rings. The van der Waals surface area contributed by atoms with Gasteiger partial charge < -0.3 is 5.11 Å². The van der Waals surface area contributed by atoms with Crippen molar-refractivity contribution >= 4 is 12.3 Å². The van der Waals surface area contributed by atoms with Crippen LogP contribution >= 0.6 is 0 Å². The number of carbonyl (C=O) groups excluding carboxylic acids is 1. The van der Waals surface area contributed by atoms with E-state index in [0.717, 1.165) is 0 Å². The highest BCUT2D eigenvalue weighted by Gasteiger charge is 2.05. The maximum absolute atomic E-state index is 10.2. The van der Waals surface area contributed by atoms with Gasteiger partial charge in [-0.25, -0.2) is 14.8 Å². The van der Waals surface area contributed by atoms with E-state index in [9.17, 15) is 9.59 Å². The normalized spacial score (nSPS) is 9.09. The van der Waals surface area contributed by atoms with Crippen molar-refractivity contribution in [3.05, 3.63) is 23.8 Å². The van der Waals surface area contributed by atoms with Crippen molar-refractivity contribution in [3.63, 3.8) is 0 Å². The smallest absolute Gasteiger partial charge is 0.373 e. The van der Waals surface area contributed by atoms with Crippen LogP contribution in [0.4, 0.5) is 0 Å². The zero-order chi connectivity index (χ0) is 8.27. The van der Waals surface area contributed by atoms with E-state index in [0.29, 0.717) is 6.29 Å². The molecule has 5 nitrogen and oxygen atoms in total. The van der Waals surface area contributed by atoms with Gasteiger partial charge in [0.15, 0.2) is 6.29 Å². The lowest BCUT2D eigenvalue weighted by Gasteiger charge is -1.91. The van der Waals surface area contributed by atoms with Crippen molar-refractivity contribution < 1.29 is 14.7 Å². The topological polar surface area (TPSA) is 80.2 Å². The third kappa shape index (κ3) is 1.57. The highest BCUT2D eigenvalue weighted by Crippen LogP contribution is 1.91. The number of carboxylic acid groups (broad SMARTS) is 1. The number of aromatic nitrogens is 2. The fourth-order valence-electron chi connectivity index (χ4n) is 0.541. The minimum Gasteiger partial charge on any atom is -0.475 e. The molecule has 0 saturated heterocycles. The van der Waals surface area contributed by atoms with Crippen molar-refractivity contribution in [2.24, 2.45) is 0 Å². The molecule has 5 heteroatoms. The van der Waals surface area contributed by atoms with Crippen molar-refractivity contribution in [2.75, 3.05) is 0 Å². The van der Waals surface area contributed by atoms with Crippen molar-refractivity contribution in [1.82, 2.24) is 9.97 Å². The molecule has 0 aliphatic carbocycles. The van der Waals surface area contributed by atoms with E-state index in [2.05, 4.69) is 9.97 Å². The summed E-state index contributed by atoms with van der Waals surface area (Å²) < 4.78 is 0. The standard InChI is InChI=1S/C6H4N2O3/c9-3-4-1-2-7-5(8-4)6(10)11/h1-3H,(H,10,11). The summed E-state index contributed by atoms with van der Waals surface area (Å²) >= 11 is 0. The van der Waals surface area contributed by atoms with Gasteiger partial charge in [0.05, 0.1) is 0 Å². The molecule has 1 heterocycles. The Hall–Kier alpha value is -1.78. The van der Waals surface area contributed by atoms with Gasteiger partial charge in [-0.15, -0.1) is 0 Å². The van der Waals surface area contributed by atoms with Gasteiger partial charge in [0.1, 0.15) is 5.69 Å². The molecule has 0 fully saturated rings. The van der Waals surface area contributed by atoms with Gasteiger partial charge in [-0.2, -0.15) is 0 Å². The van der Waals surface area contributed by atoms with Crippen LogP contribution in [0.5, 0.6) is 0 Å². The first-order chi connectivity index (χ1) is 5.24. The first-order valence-corrected chi connectivity index (χ1v) is 2.75. The monoisotopic (exact) mass is 152 g/mol. The first kappa shape index (κ1) is 7.33. The average Bonchev–Trinajstić information content (AvgIpc) is 2.05. The van der Waals surface area contributed by atoms with Crippen molar-refractivity contribution in [1.29, 1.82) is 0 Å². The average molecular weight is 152 g/mol. The van der Waals surface area contributed by atoms with Crippen LogP contribution in [-0.4, -0.2) is 27.3 Å². The van der Waals surface area contributed by atoms with E-state index in [-0.39, 0.29) is 11.5 Å². The van der Waals surface area contributed by atoms with Gasteiger partial charge in [0.25, 0.3) is 0 Å². The predicted molar refractivity (Wildman–Crippen MR) is 34.4 cm³/mol. The van der Waals surface area contributed by atoms with Crippen LogP contribution in [0.25, 0.3) is 0 Å². The predicted octanol–water partition coefficient (Wildman–Crippen LogP) is -0.0127. The van der Waals surface area contributed by atoms with Crippen LogP contribution in [0.1, 0.15) is 21.1 Å². The Morgan fingerprint density at radius 1 is 1.64 bits per heavy atom. The molecule has 0 unspecified atom stereocenters. The number of rotatable bonds is 2. The summed E-state index contributed by atoms with van der Waals surface area (Å²) in [4.78, 5) is 27.2. The Morgan fingerprint density at radius 2 is 2.36 bits per heavy atom. The van der Waals surface area contributed by atoms with Gasteiger partial charge in [0.2, 0.25) is 5.82 Å². The number of aldehydes is 1. The highest BCUT2D eigenvalue weighted by molar-refractivity contribution is 5.84. The van der Waals surface area contributed by atoms with E-state index in [1.54, 1.807) is 0 Å². The molecule has 0 aliphatic rings. The fraction of sp³-hybridized carbons (Fsp3) is 0. The lowest BCUT2D eigenvalue weighted by Crippen LogP contribution is -2.05. The molecule has 1 aromatic heterocycles. The van der Waals surface area contributed by atoms with E-state index in [1.165, 1.54) is 12.3 Å². The lowest BCUT2D eigenvalue weighted by molar-refractivity contribution is 0.0683. The molecule has 0 amide bonds. The summed E-state index contributed by atoms with van der Waals surface area (Å²) in [6.07, 6.45) is 1.69. The molecule has 0 radical (unpaired) electrons. The highest BCUT2D eigenvalue weighted by atomic mass is 16.4. The molecule has 0 atom stereocenters. The Kier molecular flexibility index (Phi) is 1.91. The minimum atomic E-state index is -1.24. The van der Waals surface area contributed by atoms with Crippen molar-refractivity contribution in [3.8, 4) is 0 Å². The Morgan fingerprint density at radius 3 is 2.91 bits per heavy atom. The Bertz CT molecular complexity index is 298. The van der Waals surface area contributed by atoms with Crippen LogP contribution in [-0.2, 0) is 0 Å². The zero-order valence-corrected chi connectivity index (χ0v) is 5.39. The van der Waals surface area contributed by atoms with Crippen LogP contribution in [0.3, 0.4) is 0 Å². The molecule has 0 spiro atoms. The largest absolute Gasteiger partial charge is 0.475 e. The van der Waals surface area contributed by atoms with Crippen LogP contribution in [0, 0.1) is 0 Å². The number of aromatic carboxylic acids is 1. The molecule has 11 heavy (non-hydrogen) atoms. The Balaban J connectivity index is 3.10. The second-order valence-electron chi connectivity index (χ2n) is 1.73. The summed E-state index contributed by atoms with van der Waals surface area (Å²) in [6.45, 7) is 0. The molecular formula is C6H4N2O3. The second-order valence-corrected chi connectivity index (χ2v) is 1.73. The minimum absolute atomic E-state index is 0.0670. The number of carboxylic acids is 1. The SMILES string of the molecule is O=Cc1ccnc(C(=O)O)n1. The third-order valence-corrected chi connectivity index (χ3v) is 0.989. The fourth-order valence-corrected chi connectivity index (χ4v) is 0.541. The summed E-state index contributed by atoms with van der Waals surface area (Å²) in [5.41, 5.74) is 0.0670. The summed E-state index contributed by atoms with van der Waals surface area (Å²) in [6, 6.07) is 1.33. The maximum Gasteiger partial charge on any atom is 0.373 e. The maximum atomic E-state index is 10.2.